The molecule has 0 aliphatic heterocycles. The normalized spacial score (nSPS) is 10.3. The van der Waals surface area contributed by atoms with Crippen molar-refractivity contribution in [2.45, 2.75) is 13.2 Å². The minimum absolute atomic E-state index is 0.139. The molecule has 0 heterocycles. The number of aromatic hydroxyl groups is 1. The summed E-state index contributed by atoms with van der Waals surface area (Å²) in [6.07, 6.45) is 0. The minimum atomic E-state index is -0.383. The van der Waals surface area contributed by atoms with E-state index < -0.39 is 0 Å². The lowest BCUT2D eigenvalue weighted by Gasteiger charge is -2.12. The van der Waals surface area contributed by atoms with Crippen molar-refractivity contribution in [2.24, 2.45) is 0 Å². The molecule has 0 aliphatic carbocycles. The second-order valence-electron chi connectivity index (χ2n) is 6.33. The second kappa shape index (κ2) is 9.50. The Balaban J connectivity index is 1.60. The number of amides is 1. The number of carbonyl (C=O) groups is 1. The van der Waals surface area contributed by atoms with Crippen LogP contribution in [0.3, 0.4) is 0 Å². The average Bonchev–Trinajstić information content (AvgIpc) is 2.76. The molecule has 0 unspecified atom stereocenters. The van der Waals surface area contributed by atoms with Gasteiger partial charge in [0.15, 0.2) is 11.5 Å². The second-order valence-corrected chi connectivity index (χ2v) is 6.33. The molecule has 29 heavy (non-hydrogen) atoms. The third kappa shape index (κ3) is 5.19. The third-order valence-corrected chi connectivity index (χ3v) is 4.36. The maximum absolute atomic E-state index is 12.4. The lowest BCUT2D eigenvalue weighted by atomic mass is 10.1. The van der Waals surface area contributed by atoms with Crippen LogP contribution in [0.15, 0.2) is 66.7 Å². The van der Waals surface area contributed by atoms with Crippen molar-refractivity contribution in [3.63, 3.8) is 0 Å². The highest BCUT2D eigenvalue weighted by atomic mass is 16.5. The van der Waals surface area contributed by atoms with Gasteiger partial charge in [0.1, 0.15) is 18.1 Å². The smallest absolute Gasteiger partial charge is 0.255 e. The van der Waals surface area contributed by atoms with Crippen molar-refractivity contribution < 1.29 is 24.1 Å². The van der Waals surface area contributed by atoms with Gasteiger partial charge in [0, 0.05) is 12.6 Å². The van der Waals surface area contributed by atoms with Crippen LogP contribution >= 0.6 is 0 Å². The Morgan fingerprint density at radius 3 is 2.34 bits per heavy atom. The third-order valence-electron chi connectivity index (χ3n) is 4.36. The Bertz CT molecular complexity index is 972. The van der Waals surface area contributed by atoms with E-state index in [4.69, 9.17) is 14.2 Å². The van der Waals surface area contributed by atoms with Gasteiger partial charge in [-0.05, 0) is 35.4 Å². The van der Waals surface area contributed by atoms with Crippen LogP contribution in [-0.2, 0) is 13.2 Å². The average molecular weight is 393 g/mol. The quantitative estimate of drug-likeness (QED) is 0.607. The van der Waals surface area contributed by atoms with E-state index in [2.05, 4.69) is 5.32 Å². The number of ether oxygens (including phenoxy) is 3. The van der Waals surface area contributed by atoms with Crippen LogP contribution in [0.4, 0.5) is 0 Å². The Morgan fingerprint density at radius 1 is 0.897 bits per heavy atom. The van der Waals surface area contributed by atoms with Gasteiger partial charge in [0.2, 0.25) is 0 Å². The number of hydrogen-bond donors (Lipinski definition) is 2. The molecule has 6 heteroatoms. The first kappa shape index (κ1) is 20.1. The molecule has 3 aromatic carbocycles. The lowest BCUT2D eigenvalue weighted by Crippen LogP contribution is -2.22. The molecule has 0 aliphatic rings. The molecular weight excluding hydrogens is 370 g/mol. The molecule has 0 saturated carbocycles. The number of phenols is 1. The van der Waals surface area contributed by atoms with Crippen LogP contribution in [0.1, 0.15) is 21.5 Å². The lowest BCUT2D eigenvalue weighted by molar-refractivity contribution is 0.0948. The Labute approximate surface area is 169 Å². The van der Waals surface area contributed by atoms with E-state index in [9.17, 15) is 9.90 Å². The molecule has 0 bridgehead atoms. The molecule has 0 aromatic heterocycles. The van der Waals surface area contributed by atoms with Crippen LogP contribution in [0.25, 0.3) is 0 Å². The van der Waals surface area contributed by atoms with Crippen molar-refractivity contribution in [3.8, 4) is 23.0 Å². The molecule has 1 amide bonds. The maximum Gasteiger partial charge on any atom is 0.255 e. The summed E-state index contributed by atoms with van der Waals surface area (Å²) in [5.41, 5.74) is 2.04. The molecular formula is C23H23NO5. The van der Waals surface area contributed by atoms with E-state index in [-0.39, 0.29) is 23.8 Å². The summed E-state index contributed by atoms with van der Waals surface area (Å²) in [4.78, 5) is 12.4. The molecule has 0 radical (unpaired) electrons. The van der Waals surface area contributed by atoms with Gasteiger partial charge in [-0.25, -0.2) is 0 Å². The summed E-state index contributed by atoms with van der Waals surface area (Å²) in [5.74, 6) is 1.17. The van der Waals surface area contributed by atoms with Crippen LogP contribution < -0.4 is 19.5 Å². The van der Waals surface area contributed by atoms with E-state index in [0.29, 0.717) is 23.9 Å². The first-order valence-electron chi connectivity index (χ1n) is 9.09. The molecule has 3 aromatic rings. The first-order chi connectivity index (χ1) is 14.1. The monoisotopic (exact) mass is 393 g/mol. The van der Waals surface area contributed by atoms with Gasteiger partial charge in [0.25, 0.3) is 5.91 Å². The van der Waals surface area contributed by atoms with Crippen molar-refractivity contribution >= 4 is 5.91 Å². The highest BCUT2D eigenvalue weighted by Crippen LogP contribution is 2.28. The van der Waals surface area contributed by atoms with Gasteiger partial charge in [-0.2, -0.15) is 0 Å². The van der Waals surface area contributed by atoms with Gasteiger partial charge < -0.3 is 24.6 Å². The summed E-state index contributed by atoms with van der Waals surface area (Å²) in [6, 6.07) is 19.8. The van der Waals surface area contributed by atoms with Gasteiger partial charge in [-0.3, -0.25) is 4.79 Å². The van der Waals surface area contributed by atoms with Gasteiger partial charge in [0.05, 0.1) is 19.8 Å². The number of hydrogen-bond acceptors (Lipinski definition) is 5. The van der Waals surface area contributed by atoms with Crippen molar-refractivity contribution in [3.05, 3.63) is 83.4 Å². The summed E-state index contributed by atoms with van der Waals surface area (Å²) < 4.78 is 16.1. The van der Waals surface area contributed by atoms with E-state index in [1.807, 2.05) is 36.4 Å². The SMILES string of the molecule is COc1ccc(CNC(=O)c2ccc(OCc3ccccc3)cc2O)cc1OC. The van der Waals surface area contributed by atoms with Gasteiger partial charge in [-0.15, -0.1) is 0 Å². The highest BCUT2D eigenvalue weighted by molar-refractivity contribution is 5.96. The predicted molar refractivity (Wildman–Crippen MR) is 110 cm³/mol. The van der Waals surface area contributed by atoms with Crippen LogP contribution in [0.2, 0.25) is 0 Å². The first-order valence-corrected chi connectivity index (χ1v) is 9.09. The van der Waals surface area contributed by atoms with Crippen LogP contribution in [0, 0.1) is 0 Å². The topological polar surface area (TPSA) is 77.0 Å². The number of methoxy groups -OCH3 is 2. The number of phenolic OH excluding ortho intramolecular Hbond substituents is 1. The fourth-order valence-electron chi connectivity index (χ4n) is 2.80. The molecule has 0 spiro atoms. The molecule has 0 fully saturated rings. The van der Waals surface area contributed by atoms with E-state index in [1.165, 1.54) is 6.07 Å². The fourth-order valence-corrected chi connectivity index (χ4v) is 2.80. The molecule has 3 rings (SSSR count). The molecule has 6 nitrogen and oxygen atoms in total. The molecule has 0 saturated heterocycles. The Kier molecular flexibility index (Phi) is 6.58. The zero-order chi connectivity index (χ0) is 20.6. The summed E-state index contributed by atoms with van der Waals surface area (Å²) in [6.45, 7) is 0.663. The van der Waals surface area contributed by atoms with Crippen molar-refractivity contribution in [2.75, 3.05) is 14.2 Å². The predicted octanol–water partition coefficient (Wildman–Crippen LogP) is 3.92. The van der Waals surface area contributed by atoms with Crippen molar-refractivity contribution in [1.29, 1.82) is 0 Å². The Morgan fingerprint density at radius 2 is 1.66 bits per heavy atom. The van der Waals surface area contributed by atoms with Crippen LogP contribution in [-0.4, -0.2) is 25.2 Å². The van der Waals surface area contributed by atoms with E-state index >= 15 is 0 Å². The molecule has 150 valence electrons. The molecule has 2 N–H and O–H groups in total. The van der Waals surface area contributed by atoms with E-state index in [1.54, 1.807) is 38.5 Å². The zero-order valence-electron chi connectivity index (χ0n) is 16.3. The standard InChI is InChI=1S/C23H23NO5/c1-27-21-11-8-17(12-22(21)28-2)14-24-23(26)19-10-9-18(13-20(19)25)29-15-16-6-4-3-5-7-16/h3-13,25H,14-15H2,1-2H3,(H,24,26). The fraction of sp³-hybridized carbons (Fsp3) is 0.174. The van der Waals surface area contributed by atoms with Gasteiger partial charge in [-0.1, -0.05) is 36.4 Å². The van der Waals surface area contributed by atoms with E-state index in [0.717, 1.165) is 11.1 Å². The van der Waals surface area contributed by atoms with Gasteiger partial charge >= 0.3 is 0 Å². The summed E-state index contributed by atoms with van der Waals surface area (Å²) in [5, 5.41) is 13.0. The number of rotatable bonds is 8. The number of nitrogens with one attached hydrogen (secondary N) is 1. The number of benzene rings is 3. The summed E-state index contributed by atoms with van der Waals surface area (Å²) in [7, 11) is 3.12. The van der Waals surface area contributed by atoms with Crippen molar-refractivity contribution in [1.82, 2.24) is 5.32 Å². The largest absolute Gasteiger partial charge is 0.507 e. The molecule has 0 atom stereocenters. The van der Waals surface area contributed by atoms with Crippen LogP contribution in [0.5, 0.6) is 23.0 Å². The Hall–Kier alpha value is -3.67. The highest BCUT2D eigenvalue weighted by Gasteiger charge is 2.13. The minimum Gasteiger partial charge on any atom is -0.507 e. The zero-order valence-corrected chi connectivity index (χ0v) is 16.3. The maximum atomic E-state index is 12.4. The summed E-state index contributed by atoms with van der Waals surface area (Å²) >= 11 is 0. The number of carbonyl (C=O) groups excluding carboxylic acids is 1.